The predicted molar refractivity (Wildman–Crippen MR) is 62.2 cm³/mol. The van der Waals surface area contributed by atoms with E-state index in [0.717, 1.165) is 13.1 Å². The number of carbonyl (C=O) groups is 1. The molecule has 0 aliphatic carbocycles. The molecule has 2 saturated heterocycles. The monoisotopic (exact) mass is 229 g/mol. The van der Waals surface area contributed by atoms with E-state index < -0.39 is 5.97 Å². The lowest BCUT2D eigenvalue weighted by atomic mass is 9.99. The van der Waals surface area contributed by atoms with Crippen molar-refractivity contribution in [2.24, 2.45) is 11.8 Å². The van der Waals surface area contributed by atoms with E-state index >= 15 is 0 Å². The molecule has 2 fully saturated rings. The Morgan fingerprint density at radius 2 is 2.13 bits per heavy atom. The van der Waals surface area contributed by atoms with E-state index in [1.165, 1.54) is 12.2 Å². The van der Waals surface area contributed by atoms with Gasteiger partial charge in [0.05, 0.1) is 5.92 Å². The average molecular weight is 229 g/mol. The van der Waals surface area contributed by atoms with Gasteiger partial charge in [-0.3, -0.25) is 9.69 Å². The van der Waals surface area contributed by atoms with Crippen LogP contribution in [-0.4, -0.2) is 46.1 Å². The molecule has 15 heavy (non-hydrogen) atoms. The topological polar surface area (TPSA) is 40.5 Å². The highest BCUT2D eigenvalue weighted by Gasteiger charge is 2.40. The third-order valence-corrected chi connectivity index (χ3v) is 5.07. The van der Waals surface area contributed by atoms with Gasteiger partial charge in [0.15, 0.2) is 0 Å². The number of thioether (sulfide) groups is 1. The molecule has 0 amide bonds. The highest BCUT2D eigenvalue weighted by atomic mass is 32.2. The summed E-state index contributed by atoms with van der Waals surface area (Å²) in [5.41, 5.74) is 0. The molecule has 0 bridgehead atoms. The molecule has 2 heterocycles. The summed E-state index contributed by atoms with van der Waals surface area (Å²) in [6.45, 7) is 6.05. The first-order valence-electron chi connectivity index (χ1n) is 5.68. The summed E-state index contributed by atoms with van der Waals surface area (Å²) in [5, 5.41) is 9.75. The van der Waals surface area contributed by atoms with Crippen molar-refractivity contribution in [3.63, 3.8) is 0 Å². The summed E-state index contributed by atoms with van der Waals surface area (Å²) in [6, 6.07) is 0.613. The Hall–Kier alpha value is -0.220. The largest absolute Gasteiger partial charge is 0.481 e. The normalized spacial score (nSPS) is 42.3. The fourth-order valence-corrected chi connectivity index (χ4v) is 4.08. The van der Waals surface area contributed by atoms with E-state index in [2.05, 4.69) is 18.7 Å². The van der Waals surface area contributed by atoms with Gasteiger partial charge in [0.25, 0.3) is 0 Å². The van der Waals surface area contributed by atoms with Crippen molar-refractivity contribution < 1.29 is 9.90 Å². The number of aliphatic carboxylic acids is 1. The molecule has 2 aliphatic heterocycles. The number of carboxylic acids is 1. The van der Waals surface area contributed by atoms with Gasteiger partial charge in [-0.2, -0.15) is 11.8 Å². The SMILES string of the molecule is CC1CN(C2CCSC2C)CC1C(=O)O. The minimum absolute atomic E-state index is 0.150. The van der Waals surface area contributed by atoms with Gasteiger partial charge in [-0.05, 0) is 18.1 Å². The van der Waals surface area contributed by atoms with Crippen LogP contribution < -0.4 is 0 Å². The summed E-state index contributed by atoms with van der Waals surface area (Å²) in [4.78, 5) is 13.4. The van der Waals surface area contributed by atoms with Crippen molar-refractivity contribution in [2.75, 3.05) is 18.8 Å². The van der Waals surface area contributed by atoms with Crippen molar-refractivity contribution in [2.45, 2.75) is 31.6 Å². The molecular formula is C11H19NO2S. The van der Waals surface area contributed by atoms with Crippen LogP contribution in [0.1, 0.15) is 20.3 Å². The molecule has 0 spiro atoms. The van der Waals surface area contributed by atoms with Crippen molar-refractivity contribution in [1.29, 1.82) is 0 Å². The molecule has 3 nitrogen and oxygen atoms in total. The molecule has 0 aromatic carbocycles. The Morgan fingerprint density at radius 3 is 2.60 bits per heavy atom. The Kier molecular flexibility index (Phi) is 3.26. The zero-order chi connectivity index (χ0) is 11.0. The Bertz CT molecular complexity index is 259. The predicted octanol–water partition coefficient (Wildman–Crippen LogP) is 1.53. The second-order valence-corrected chi connectivity index (χ2v) is 6.29. The molecule has 0 aromatic heterocycles. The maximum absolute atomic E-state index is 11.0. The maximum atomic E-state index is 11.0. The molecule has 0 radical (unpaired) electrons. The Balaban J connectivity index is 1.99. The number of nitrogens with zero attached hydrogens (tertiary/aromatic N) is 1. The first-order chi connectivity index (χ1) is 7.09. The molecule has 2 aliphatic rings. The highest BCUT2D eigenvalue weighted by molar-refractivity contribution is 8.00. The van der Waals surface area contributed by atoms with Gasteiger partial charge < -0.3 is 5.11 Å². The van der Waals surface area contributed by atoms with Crippen molar-refractivity contribution in [1.82, 2.24) is 4.90 Å². The zero-order valence-electron chi connectivity index (χ0n) is 9.35. The van der Waals surface area contributed by atoms with Gasteiger partial charge in [0, 0.05) is 24.4 Å². The summed E-state index contributed by atoms with van der Waals surface area (Å²) >= 11 is 2.01. The zero-order valence-corrected chi connectivity index (χ0v) is 10.2. The molecular weight excluding hydrogens is 210 g/mol. The van der Waals surface area contributed by atoms with Gasteiger partial charge in [0.2, 0.25) is 0 Å². The molecule has 2 rings (SSSR count). The first kappa shape index (κ1) is 11.3. The lowest BCUT2D eigenvalue weighted by molar-refractivity contribution is -0.142. The lowest BCUT2D eigenvalue weighted by Gasteiger charge is -2.26. The maximum Gasteiger partial charge on any atom is 0.308 e. The van der Waals surface area contributed by atoms with E-state index in [1.807, 2.05) is 11.8 Å². The minimum Gasteiger partial charge on any atom is -0.481 e. The van der Waals surface area contributed by atoms with Gasteiger partial charge in [-0.15, -0.1) is 0 Å². The Morgan fingerprint density at radius 1 is 1.40 bits per heavy atom. The first-order valence-corrected chi connectivity index (χ1v) is 6.73. The molecule has 0 aromatic rings. The number of likely N-dealkylation sites (tertiary alicyclic amines) is 1. The average Bonchev–Trinajstić information content (AvgIpc) is 2.71. The van der Waals surface area contributed by atoms with Crippen molar-refractivity contribution in [3.8, 4) is 0 Å². The van der Waals surface area contributed by atoms with E-state index in [4.69, 9.17) is 5.11 Å². The van der Waals surface area contributed by atoms with Crippen LogP contribution in [0.3, 0.4) is 0 Å². The number of hydrogen-bond acceptors (Lipinski definition) is 3. The quantitative estimate of drug-likeness (QED) is 0.779. The minimum atomic E-state index is -0.622. The lowest BCUT2D eigenvalue weighted by Crippen LogP contribution is -2.37. The fourth-order valence-electron chi connectivity index (χ4n) is 2.80. The van der Waals surface area contributed by atoms with Crippen LogP contribution in [0, 0.1) is 11.8 Å². The third-order valence-electron chi connectivity index (χ3n) is 3.76. The third kappa shape index (κ3) is 2.16. The van der Waals surface area contributed by atoms with Gasteiger partial charge in [-0.1, -0.05) is 13.8 Å². The highest BCUT2D eigenvalue weighted by Crippen LogP contribution is 2.34. The van der Waals surface area contributed by atoms with Crippen molar-refractivity contribution in [3.05, 3.63) is 0 Å². The summed E-state index contributed by atoms with van der Waals surface area (Å²) in [7, 11) is 0. The summed E-state index contributed by atoms with van der Waals surface area (Å²) in [6.07, 6.45) is 1.23. The number of carboxylic acid groups (broad SMARTS) is 1. The second kappa shape index (κ2) is 4.34. The van der Waals surface area contributed by atoms with Crippen LogP contribution in [-0.2, 0) is 4.79 Å². The molecule has 4 unspecified atom stereocenters. The van der Waals surface area contributed by atoms with Crippen molar-refractivity contribution >= 4 is 17.7 Å². The van der Waals surface area contributed by atoms with Gasteiger partial charge in [0.1, 0.15) is 0 Å². The van der Waals surface area contributed by atoms with Crippen LogP contribution in [0.25, 0.3) is 0 Å². The van der Waals surface area contributed by atoms with Crippen LogP contribution in [0.5, 0.6) is 0 Å². The molecule has 1 N–H and O–H groups in total. The Labute approximate surface area is 95.2 Å². The standard InChI is InChI=1S/C11H19NO2S/c1-7-5-12(6-9(7)11(13)14)10-3-4-15-8(10)2/h7-10H,3-6H2,1-2H3,(H,13,14). The van der Waals surface area contributed by atoms with Crippen LogP contribution in [0.4, 0.5) is 0 Å². The smallest absolute Gasteiger partial charge is 0.308 e. The van der Waals surface area contributed by atoms with E-state index in [-0.39, 0.29) is 5.92 Å². The van der Waals surface area contributed by atoms with E-state index in [9.17, 15) is 4.79 Å². The van der Waals surface area contributed by atoms with E-state index in [1.54, 1.807) is 0 Å². The fraction of sp³-hybridized carbons (Fsp3) is 0.909. The summed E-state index contributed by atoms with van der Waals surface area (Å²) < 4.78 is 0. The van der Waals surface area contributed by atoms with Crippen LogP contribution in [0.2, 0.25) is 0 Å². The molecule has 4 atom stereocenters. The molecule has 4 heteroatoms. The van der Waals surface area contributed by atoms with Gasteiger partial charge in [-0.25, -0.2) is 0 Å². The van der Waals surface area contributed by atoms with Gasteiger partial charge >= 0.3 is 5.97 Å². The summed E-state index contributed by atoms with van der Waals surface area (Å²) in [5.74, 6) is 0.764. The number of hydrogen-bond donors (Lipinski definition) is 1. The molecule has 0 saturated carbocycles. The number of rotatable bonds is 2. The van der Waals surface area contributed by atoms with Crippen LogP contribution >= 0.6 is 11.8 Å². The van der Waals surface area contributed by atoms with E-state index in [0.29, 0.717) is 17.2 Å². The molecule has 86 valence electrons. The second-order valence-electron chi connectivity index (χ2n) is 4.81. The van der Waals surface area contributed by atoms with Crippen LogP contribution in [0.15, 0.2) is 0 Å².